The summed E-state index contributed by atoms with van der Waals surface area (Å²) in [5.74, 6) is 1.13. The number of hydrogen-bond acceptors (Lipinski definition) is 3. The van der Waals surface area contributed by atoms with Crippen LogP contribution >= 0.6 is 34.7 Å². The van der Waals surface area contributed by atoms with E-state index < -0.39 is 0 Å². The molecule has 0 aliphatic rings. The molecule has 0 unspecified atom stereocenters. The van der Waals surface area contributed by atoms with Crippen LogP contribution in [0.25, 0.3) is 0 Å². The first-order valence-corrected chi connectivity index (χ1v) is 8.25. The molecule has 0 fully saturated rings. The number of thioether (sulfide) groups is 1. The molecule has 2 rings (SSSR count). The summed E-state index contributed by atoms with van der Waals surface area (Å²) in [5.41, 5.74) is 1.32. The maximum atomic E-state index is 11.9. The quantitative estimate of drug-likeness (QED) is 0.536. The number of Topliss-reactive ketones (excluding diaryl/α,β-unsaturated/α-hetero) is 1. The van der Waals surface area contributed by atoms with E-state index in [-0.39, 0.29) is 5.78 Å². The van der Waals surface area contributed by atoms with Gasteiger partial charge in [0.2, 0.25) is 0 Å². The zero-order chi connectivity index (χ0) is 13.8. The molecule has 0 atom stereocenters. The van der Waals surface area contributed by atoms with Crippen molar-refractivity contribution in [2.75, 3.05) is 5.75 Å². The van der Waals surface area contributed by atoms with E-state index in [2.05, 4.69) is 38.1 Å². The number of rotatable bonds is 5. The van der Waals surface area contributed by atoms with Gasteiger partial charge < -0.3 is 0 Å². The number of benzene rings is 1. The highest BCUT2D eigenvalue weighted by Gasteiger charge is 2.09. The van der Waals surface area contributed by atoms with Crippen LogP contribution in [0.2, 0.25) is 4.34 Å². The van der Waals surface area contributed by atoms with Gasteiger partial charge in [-0.1, -0.05) is 37.6 Å². The van der Waals surface area contributed by atoms with E-state index in [0.717, 1.165) is 9.77 Å². The Kier molecular flexibility index (Phi) is 5.08. The zero-order valence-electron chi connectivity index (χ0n) is 10.9. The van der Waals surface area contributed by atoms with E-state index in [1.807, 2.05) is 0 Å². The fourth-order valence-electron chi connectivity index (χ4n) is 1.63. The molecule has 2 aromatic rings. The second-order valence-corrected chi connectivity index (χ2v) is 7.30. The molecule has 0 aliphatic carbocycles. The molecule has 4 heteroatoms. The summed E-state index contributed by atoms with van der Waals surface area (Å²) < 4.78 is 0.662. The monoisotopic (exact) mass is 310 g/mol. The van der Waals surface area contributed by atoms with Gasteiger partial charge in [0.15, 0.2) is 5.78 Å². The molecule has 1 nitrogen and oxygen atoms in total. The minimum Gasteiger partial charge on any atom is -0.292 e. The van der Waals surface area contributed by atoms with Gasteiger partial charge in [0.05, 0.1) is 15.0 Å². The van der Waals surface area contributed by atoms with Crippen molar-refractivity contribution in [3.8, 4) is 0 Å². The van der Waals surface area contributed by atoms with Crippen LogP contribution in [0, 0.1) is 0 Å². The normalized spacial score (nSPS) is 10.9. The lowest BCUT2D eigenvalue weighted by Crippen LogP contribution is -1.99. The van der Waals surface area contributed by atoms with Crippen LogP contribution in [0.15, 0.2) is 41.3 Å². The summed E-state index contributed by atoms with van der Waals surface area (Å²) in [6, 6.07) is 12.0. The molecular formula is C15H15ClOS2. The third-order valence-electron chi connectivity index (χ3n) is 2.76. The van der Waals surface area contributed by atoms with Crippen LogP contribution in [-0.4, -0.2) is 11.5 Å². The highest BCUT2D eigenvalue weighted by Crippen LogP contribution is 2.26. The predicted octanol–water partition coefficient (Wildman–Crippen LogP) is 5.50. The SMILES string of the molecule is CC(C)c1ccc(SCC(=O)c2ccc(Cl)s2)cc1. The van der Waals surface area contributed by atoms with Crippen molar-refractivity contribution in [1.82, 2.24) is 0 Å². The lowest BCUT2D eigenvalue weighted by Gasteiger charge is -2.06. The number of carbonyl (C=O) groups excluding carboxylic acids is 1. The molecule has 19 heavy (non-hydrogen) atoms. The molecule has 1 heterocycles. The molecule has 1 aromatic carbocycles. The van der Waals surface area contributed by atoms with Crippen molar-refractivity contribution in [3.63, 3.8) is 0 Å². The van der Waals surface area contributed by atoms with Crippen LogP contribution in [0.5, 0.6) is 0 Å². The minimum absolute atomic E-state index is 0.134. The minimum atomic E-state index is 0.134. The Morgan fingerprint density at radius 1 is 1.21 bits per heavy atom. The molecule has 0 radical (unpaired) electrons. The lowest BCUT2D eigenvalue weighted by molar-refractivity contribution is 0.102. The first-order chi connectivity index (χ1) is 9.06. The van der Waals surface area contributed by atoms with Crippen LogP contribution in [-0.2, 0) is 0 Å². The fourth-order valence-corrected chi connectivity index (χ4v) is 3.49. The van der Waals surface area contributed by atoms with Crippen molar-refractivity contribution in [1.29, 1.82) is 0 Å². The van der Waals surface area contributed by atoms with Gasteiger partial charge in [0, 0.05) is 4.90 Å². The van der Waals surface area contributed by atoms with E-state index in [0.29, 0.717) is 16.0 Å². The Morgan fingerprint density at radius 2 is 1.89 bits per heavy atom. The summed E-state index contributed by atoms with van der Waals surface area (Å²) in [5, 5.41) is 0. The van der Waals surface area contributed by atoms with Crippen molar-refractivity contribution >= 4 is 40.5 Å². The number of thiophene rings is 1. The van der Waals surface area contributed by atoms with Crippen molar-refractivity contribution < 1.29 is 4.79 Å². The summed E-state index contributed by atoms with van der Waals surface area (Å²) in [4.78, 5) is 13.8. The van der Waals surface area contributed by atoms with Crippen LogP contribution < -0.4 is 0 Å². The third kappa shape index (κ3) is 4.10. The molecule has 0 N–H and O–H groups in total. The Bertz CT molecular complexity index is 558. The summed E-state index contributed by atoms with van der Waals surface area (Å²) in [6.07, 6.45) is 0. The van der Waals surface area contributed by atoms with E-state index >= 15 is 0 Å². The van der Waals surface area contributed by atoms with Crippen LogP contribution in [0.4, 0.5) is 0 Å². The molecule has 0 bridgehead atoms. The Balaban J connectivity index is 1.93. The topological polar surface area (TPSA) is 17.1 Å². The summed E-state index contributed by atoms with van der Waals surface area (Å²) in [6.45, 7) is 4.35. The third-order valence-corrected chi connectivity index (χ3v) is 5.05. The smallest absolute Gasteiger partial charge is 0.183 e. The molecule has 0 spiro atoms. The molecule has 1 aromatic heterocycles. The first kappa shape index (κ1) is 14.6. The van der Waals surface area contributed by atoms with Gasteiger partial charge in [-0.05, 0) is 35.7 Å². The van der Waals surface area contributed by atoms with Crippen molar-refractivity contribution in [3.05, 3.63) is 51.2 Å². The van der Waals surface area contributed by atoms with E-state index in [1.165, 1.54) is 16.9 Å². The summed E-state index contributed by atoms with van der Waals surface area (Å²) in [7, 11) is 0. The molecule has 100 valence electrons. The number of carbonyl (C=O) groups is 1. The van der Waals surface area contributed by atoms with Gasteiger partial charge in [0.25, 0.3) is 0 Å². The van der Waals surface area contributed by atoms with E-state index in [4.69, 9.17) is 11.6 Å². The summed E-state index contributed by atoms with van der Waals surface area (Å²) >= 11 is 8.74. The predicted molar refractivity (Wildman–Crippen MR) is 84.9 cm³/mol. The maximum absolute atomic E-state index is 11.9. The van der Waals surface area contributed by atoms with Gasteiger partial charge in [-0.15, -0.1) is 23.1 Å². The largest absolute Gasteiger partial charge is 0.292 e. The molecular weight excluding hydrogens is 296 g/mol. The number of halogens is 1. The second-order valence-electron chi connectivity index (χ2n) is 4.54. The van der Waals surface area contributed by atoms with E-state index in [9.17, 15) is 4.79 Å². The molecule has 0 amide bonds. The maximum Gasteiger partial charge on any atom is 0.183 e. The van der Waals surface area contributed by atoms with Gasteiger partial charge in [-0.3, -0.25) is 4.79 Å². The molecule has 0 saturated carbocycles. The van der Waals surface area contributed by atoms with Crippen LogP contribution in [0.1, 0.15) is 35.0 Å². The standard InChI is InChI=1S/C15H15ClOS2/c1-10(2)11-3-5-12(6-4-11)18-9-13(17)14-7-8-15(16)19-14/h3-8,10H,9H2,1-2H3. The van der Waals surface area contributed by atoms with Gasteiger partial charge in [-0.25, -0.2) is 0 Å². The Labute approximate surface area is 127 Å². The molecule has 0 saturated heterocycles. The number of hydrogen-bond donors (Lipinski definition) is 0. The molecule has 0 aliphatic heterocycles. The first-order valence-electron chi connectivity index (χ1n) is 6.07. The van der Waals surface area contributed by atoms with Crippen LogP contribution in [0.3, 0.4) is 0 Å². The second kappa shape index (κ2) is 6.60. The highest BCUT2D eigenvalue weighted by molar-refractivity contribution is 8.00. The van der Waals surface area contributed by atoms with Crippen molar-refractivity contribution in [2.24, 2.45) is 0 Å². The highest BCUT2D eigenvalue weighted by atomic mass is 35.5. The lowest BCUT2D eigenvalue weighted by atomic mass is 10.0. The van der Waals surface area contributed by atoms with E-state index in [1.54, 1.807) is 23.9 Å². The Hall–Kier alpha value is -0.770. The van der Waals surface area contributed by atoms with Crippen molar-refractivity contribution in [2.45, 2.75) is 24.7 Å². The number of ketones is 1. The van der Waals surface area contributed by atoms with Gasteiger partial charge >= 0.3 is 0 Å². The van der Waals surface area contributed by atoms with Gasteiger partial charge in [0.1, 0.15) is 0 Å². The van der Waals surface area contributed by atoms with Gasteiger partial charge in [-0.2, -0.15) is 0 Å². The Morgan fingerprint density at radius 3 is 2.42 bits per heavy atom. The average Bonchev–Trinajstić information content (AvgIpc) is 2.83. The fraction of sp³-hybridized carbons (Fsp3) is 0.267. The zero-order valence-corrected chi connectivity index (χ0v) is 13.2. The average molecular weight is 311 g/mol.